The molecule has 0 bridgehead atoms. The predicted octanol–water partition coefficient (Wildman–Crippen LogP) is 4.49. The zero-order chi connectivity index (χ0) is 21.1. The Balaban J connectivity index is 1.43. The van der Waals surface area contributed by atoms with Gasteiger partial charge in [-0.1, -0.05) is 54.9 Å². The molecule has 1 amide bonds. The second-order valence-corrected chi connectivity index (χ2v) is 8.06. The van der Waals surface area contributed by atoms with Gasteiger partial charge in [0.1, 0.15) is 16.9 Å². The van der Waals surface area contributed by atoms with Gasteiger partial charge in [0.2, 0.25) is 0 Å². The van der Waals surface area contributed by atoms with Crippen LogP contribution in [0.5, 0.6) is 5.75 Å². The fourth-order valence-corrected chi connectivity index (χ4v) is 4.13. The van der Waals surface area contributed by atoms with Crippen LogP contribution in [0.4, 0.5) is 0 Å². The van der Waals surface area contributed by atoms with Crippen molar-refractivity contribution in [1.29, 1.82) is 0 Å². The van der Waals surface area contributed by atoms with Crippen molar-refractivity contribution < 1.29 is 9.53 Å². The molecule has 2 heterocycles. The summed E-state index contributed by atoms with van der Waals surface area (Å²) in [4.78, 5) is 30.8. The first-order chi connectivity index (χ1) is 14.5. The molecule has 0 aliphatic carbocycles. The van der Waals surface area contributed by atoms with Crippen molar-refractivity contribution in [3.05, 3.63) is 81.2 Å². The molecule has 0 aliphatic rings. The molecule has 152 valence electrons. The molecule has 0 saturated carbocycles. The number of nitrogens with zero attached hydrogens (tertiary/aromatic N) is 2. The highest BCUT2D eigenvalue weighted by molar-refractivity contribution is 7.18. The van der Waals surface area contributed by atoms with Gasteiger partial charge >= 0.3 is 0 Å². The molecule has 4 aromatic rings. The van der Waals surface area contributed by atoms with Gasteiger partial charge in [0.05, 0.1) is 10.4 Å². The summed E-state index contributed by atoms with van der Waals surface area (Å²) in [6.45, 7) is 1.72. The van der Waals surface area contributed by atoms with E-state index in [1.807, 2.05) is 49.4 Å². The first kappa shape index (κ1) is 20.1. The molecule has 8 heteroatoms. The third-order valence-corrected chi connectivity index (χ3v) is 5.98. The molecule has 0 aliphatic heterocycles. The van der Waals surface area contributed by atoms with E-state index in [0.717, 1.165) is 27.1 Å². The van der Waals surface area contributed by atoms with Gasteiger partial charge in [0.25, 0.3) is 11.5 Å². The van der Waals surface area contributed by atoms with Crippen LogP contribution in [0, 0.1) is 0 Å². The van der Waals surface area contributed by atoms with Crippen LogP contribution < -0.4 is 15.7 Å². The number of ether oxygens (including phenoxy) is 1. The number of aromatic nitrogens is 2. The summed E-state index contributed by atoms with van der Waals surface area (Å²) in [6.07, 6.45) is 2.13. The minimum Gasteiger partial charge on any atom is -0.482 e. The minimum atomic E-state index is -0.493. The Hall–Kier alpha value is -3.16. The molecule has 0 spiro atoms. The Labute approximate surface area is 181 Å². The molecule has 6 nitrogen and oxygen atoms in total. The van der Waals surface area contributed by atoms with Crippen LogP contribution in [0.2, 0.25) is 5.02 Å². The van der Waals surface area contributed by atoms with Gasteiger partial charge in [0.15, 0.2) is 6.61 Å². The average molecular weight is 440 g/mol. The third kappa shape index (κ3) is 4.22. The van der Waals surface area contributed by atoms with E-state index in [1.165, 1.54) is 17.7 Å². The number of halogens is 1. The number of hydrogen-bond donors (Lipinski definition) is 1. The number of benzene rings is 2. The van der Waals surface area contributed by atoms with Crippen LogP contribution in [0.15, 0.2) is 65.7 Å². The molecular weight excluding hydrogens is 422 g/mol. The molecule has 0 saturated heterocycles. The van der Waals surface area contributed by atoms with Crippen LogP contribution in [0.25, 0.3) is 21.3 Å². The Kier molecular flexibility index (Phi) is 5.83. The number of fused-ring (bicyclic) bond motifs is 1. The largest absolute Gasteiger partial charge is 0.482 e. The van der Waals surface area contributed by atoms with Gasteiger partial charge in [-0.15, -0.1) is 11.3 Å². The summed E-state index contributed by atoms with van der Waals surface area (Å²) >= 11 is 7.78. The van der Waals surface area contributed by atoms with Crippen LogP contribution in [0.3, 0.4) is 0 Å². The molecule has 0 fully saturated rings. The van der Waals surface area contributed by atoms with Crippen LogP contribution in [-0.2, 0) is 11.2 Å². The molecule has 4 rings (SSSR count). The lowest BCUT2D eigenvalue weighted by atomic mass is 10.1. The first-order valence-corrected chi connectivity index (χ1v) is 10.5. The minimum absolute atomic E-state index is 0.293. The van der Waals surface area contributed by atoms with Crippen molar-refractivity contribution >= 4 is 39.1 Å². The summed E-state index contributed by atoms with van der Waals surface area (Å²) in [7, 11) is 0. The van der Waals surface area contributed by atoms with Crippen molar-refractivity contribution in [2.75, 3.05) is 12.0 Å². The lowest BCUT2D eigenvalue weighted by Gasteiger charge is -2.11. The Bertz CT molecular complexity index is 1270. The lowest BCUT2D eigenvalue weighted by molar-refractivity contribution is -0.119. The third-order valence-electron chi connectivity index (χ3n) is 4.49. The van der Waals surface area contributed by atoms with E-state index in [-0.39, 0.29) is 12.2 Å². The zero-order valence-corrected chi connectivity index (χ0v) is 17.7. The second-order valence-electron chi connectivity index (χ2n) is 6.54. The van der Waals surface area contributed by atoms with Gasteiger partial charge in [-0.05, 0) is 35.7 Å². The molecule has 1 N–H and O–H groups in total. The summed E-state index contributed by atoms with van der Waals surface area (Å²) in [5, 5.41) is 0.884. The Morgan fingerprint density at radius 2 is 1.97 bits per heavy atom. The monoisotopic (exact) mass is 439 g/mol. The number of aryl methyl sites for hydroxylation is 1. The fourth-order valence-electron chi connectivity index (χ4n) is 2.96. The number of nitrogens with one attached hydrogen (secondary N) is 1. The molecular formula is C22H18ClN3O3S. The van der Waals surface area contributed by atoms with E-state index < -0.39 is 5.91 Å². The predicted molar refractivity (Wildman–Crippen MR) is 120 cm³/mol. The van der Waals surface area contributed by atoms with Crippen molar-refractivity contribution in [2.45, 2.75) is 13.3 Å². The maximum atomic E-state index is 12.5. The summed E-state index contributed by atoms with van der Waals surface area (Å²) < 4.78 is 6.60. The van der Waals surface area contributed by atoms with E-state index >= 15 is 0 Å². The number of rotatable bonds is 6. The first-order valence-electron chi connectivity index (χ1n) is 9.33. The van der Waals surface area contributed by atoms with Crippen LogP contribution in [-0.4, -0.2) is 22.2 Å². The highest BCUT2D eigenvalue weighted by atomic mass is 35.5. The van der Waals surface area contributed by atoms with Gasteiger partial charge in [-0.3, -0.25) is 15.0 Å². The number of carbonyl (C=O) groups is 1. The maximum absolute atomic E-state index is 12.5. The van der Waals surface area contributed by atoms with E-state index in [0.29, 0.717) is 21.0 Å². The number of amides is 1. The quantitative estimate of drug-likeness (QED) is 0.480. The standard InChI is InChI=1S/C22H18ClN3O3S/c1-2-16-11-17-21(30-16)24-13-26(22(17)28)25-20(27)12-29-19-9-8-15(10-18(19)23)14-6-4-3-5-7-14/h3-11,13H,2,12H2,1H3,(H,25,27). The molecule has 0 radical (unpaired) electrons. The number of hydrogen-bond acceptors (Lipinski definition) is 5. The van der Waals surface area contributed by atoms with Crippen molar-refractivity contribution in [3.63, 3.8) is 0 Å². The highest BCUT2D eigenvalue weighted by Crippen LogP contribution is 2.30. The number of thiophene rings is 1. The van der Waals surface area contributed by atoms with E-state index in [4.69, 9.17) is 16.3 Å². The van der Waals surface area contributed by atoms with Crippen molar-refractivity contribution in [1.82, 2.24) is 9.66 Å². The molecule has 0 atom stereocenters. The molecule has 2 aromatic carbocycles. The molecule has 0 unspecified atom stereocenters. The van der Waals surface area contributed by atoms with E-state index in [2.05, 4.69) is 10.4 Å². The Morgan fingerprint density at radius 1 is 1.17 bits per heavy atom. The van der Waals surface area contributed by atoms with Gasteiger partial charge in [-0.2, -0.15) is 0 Å². The average Bonchev–Trinajstić information content (AvgIpc) is 3.20. The summed E-state index contributed by atoms with van der Waals surface area (Å²) in [6, 6.07) is 17.0. The van der Waals surface area contributed by atoms with Gasteiger partial charge in [-0.25, -0.2) is 9.66 Å². The second kappa shape index (κ2) is 8.69. The van der Waals surface area contributed by atoms with Gasteiger partial charge in [0, 0.05) is 4.88 Å². The van der Waals surface area contributed by atoms with Crippen molar-refractivity contribution in [3.8, 4) is 16.9 Å². The maximum Gasteiger partial charge on any atom is 0.280 e. The highest BCUT2D eigenvalue weighted by Gasteiger charge is 2.12. The van der Waals surface area contributed by atoms with Crippen LogP contribution in [0.1, 0.15) is 11.8 Å². The fraction of sp³-hybridized carbons (Fsp3) is 0.136. The van der Waals surface area contributed by atoms with E-state index in [1.54, 1.807) is 12.1 Å². The van der Waals surface area contributed by atoms with Gasteiger partial charge < -0.3 is 4.74 Å². The van der Waals surface area contributed by atoms with E-state index in [9.17, 15) is 9.59 Å². The SMILES string of the molecule is CCc1cc2c(=O)n(NC(=O)COc3ccc(-c4ccccc4)cc3Cl)cnc2s1. The lowest BCUT2D eigenvalue weighted by Crippen LogP contribution is -2.35. The Morgan fingerprint density at radius 3 is 2.70 bits per heavy atom. The van der Waals surface area contributed by atoms with Crippen LogP contribution >= 0.6 is 22.9 Å². The van der Waals surface area contributed by atoms with Crippen molar-refractivity contribution in [2.24, 2.45) is 0 Å². The normalized spacial score (nSPS) is 10.9. The zero-order valence-electron chi connectivity index (χ0n) is 16.1. The summed E-state index contributed by atoms with van der Waals surface area (Å²) in [5.41, 5.74) is 4.15. The topological polar surface area (TPSA) is 73.2 Å². The number of carbonyl (C=O) groups excluding carboxylic acids is 1. The smallest absolute Gasteiger partial charge is 0.280 e. The molecule has 2 aromatic heterocycles. The molecule has 30 heavy (non-hydrogen) atoms. The summed E-state index contributed by atoms with van der Waals surface area (Å²) in [5.74, 6) is -0.106.